The Bertz CT molecular complexity index is 413. The number of Topliss-reactive ketones (excluding diaryl/α,β-unsaturated/α-hetero) is 2. The first-order chi connectivity index (χ1) is 8.42. The van der Waals surface area contributed by atoms with E-state index in [9.17, 15) is 25.0 Å². The molecule has 1 aliphatic rings. The number of carbonyl (C=O) groups excluding carboxylic acids is 2. The molecule has 0 amide bonds. The number of hydrogen-bond donors (Lipinski definition) is 0. The van der Waals surface area contributed by atoms with Crippen molar-refractivity contribution in [3.8, 4) is 6.07 Å². The Hall–Kier alpha value is -1.77. The van der Waals surface area contributed by atoms with Gasteiger partial charge in [-0.05, 0) is 19.8 Å². The number of rotatable bonds is 5. The number of ketones is 2. The Kier molecular flexibility index (Phi) is 4.54. The maximum Gasteiger partial charge on any atom is 0.309 e. The van der Waals surface area contributed by atoms with Crippen molar-refractivity contribution in [1.82, 2.24) is 0 Å². The highest BCUT2D eigenvalue weighted by Gasteiger charge is 2.51. The summed E-state index contributed by atoms with van der Waals surface area (Å²) < 4.78 is 0. The van der Waals surface area contributed by atoms with E-state index in [1.165, 1.54) is 6.92 Å². The molecule has 0 aromatic carbocycles. The lowest BCUT2D eigenvalue weighted by atomic mass is 9.73. The van der Waals surface area contributed by atoms with Gasteiger partial charge in [-0.1, -0.05) is 0 Å². The molecule has 2 unspecified atom stereocenters. The van der Waals surface area contributed by atoms with Crippen LogP contribution in [0.5, 0.6) is 0 Å². The highest BCUT2D eigenvalue weighted by atomic mass is 16.6. The molecule has 0 N–H and O–H groups in total. The van der Waals surface area contributed by atoms with Gasteiger partial charge in [0.25, 0.3) is 0 Å². The fraction of sp³-hybridized carbons (Fsp3) is 0.750. The third-order valence-electron chi connectivity index (χ3n) is 3.54. The standard InChI is InChI=1S/C12H16N2O4/c1-9(15)5-6-12(8-13,14(17)18)10-3-2-4-11(16)7-10/h10H,2-7H2,1H3. The van der Waals surface area contributed by atoms with Gasteiger partial charge in [-0.3, -0.25) is 14.9 Å². The van der Waals surface area contributed by atoms with E-state index in [0.717, 1.165) is 0 Å². The minimum Gasteiger partial charge on any atom is -0.300 e. The summed E-state index contributed by atoms with van der Waals surface area (Å²) in [5.41, 5.74) is -1.79. The molecule has 0 saturated heterocycles. The first-order valence-electron chi connectivity index (χ1n) is 5.99. The second-order valence-corrected chi connectivity index (χ2v) is 4.83. The average Bonchev–Trinajstić information content (AvgIpc) is 2.29. The Morgan fingerprint density at radius 1 is 1.67 bits per heavy atom. The van der Waals surface area contributed by atoms with Gasteiger partial charge in [0.05, 0.1) is 5.92 Å². The molecule has 1 aliphatic carbocycles. The average molecular weight is 252 g/mol. The second kappa shape index (κ2) is 5.71. The number of nitrogens with zero attached hydrogens (tertiary/aromatic N) is 2. The summed E-state index contributed by atoms with van der Waals surface area (Å²) in [6, 6.07) is 1.76. The molecule has 0 aliphatic heterocycles. The molecule has 1 rings (SSSR count). The van der Waals surface area contributed by atoms with E-state index in [-0.39, 0.29) is 30.8 Å². The van der Waals surface area contributed by atoms with Crippen LogP contribution in [0.3, 0.4) is 0 Å². The van der Waals surface area contributed by atoms with E-state index in [4.69, 9.17) is 0 Å². The molecule has 0 aromatic heterocycles. The number of nitro groups is 1. The summed E-state index contributed by atoms with van der Waals surface area (Å²) >= 11 is 0. The second-order valence-electron chi connectivity index (χ2n) is 4.83. The van der Waals surface area contributed by atoms with Crippen molar-refractivity contribution >= 4 is 11.6 Å². The lowest BCUT2D eigenvalue weighted by Gasteiger charge is -2.29. The van der Waals surface area contributed by atoms with Crippen LogP contribution in [-0.2, 0) is 9.59 Å². The zero-order valence-corrected chi connectivity index (χ0v) is 10.3. The van der Waals surface area contributed by atoms with Gasteiger partial charge in [0.2, 0.25) is 0 Å². The zero-order valence-electron chi connectivity index (χ0n) is 10.3. The number of hydrogen-bond acceptors (Lipinski definition) is 5. The quantitative estimate of drug-likeness (QED) is 0.547. The maximum atomic E-state index is 11.4. The van der Waals surface area contributed by atoms with Gasteiger partial charge in [0.1, 0.15) is 17.6 Å². The molecule has 2 atom stereocenters. The largest absolute Gasteiger partial charge is 0.309 e. The van der Waals surface area contributed by atoms with Crippen LogP contribution in [-0.4, -0.2) is 22.0 Å². The summed E-state index contributed by atoms with van der Waals surface area (Å²) in [7, 11) is 0. The molecule has 1 fully saturated rings. The van der Waals surface area contributed by atoms with Crippen LogP contribution < -0.4 is 0 Å². The fourth-order valence-corrected chi connectivity index (χ4v) is 2.43. The Balaban J connectivity index is 2.95. The normalized spacial score (nSPS) is 22.9. The predicted molar refractivity (Wildman–Crippen MR) is 62.2 cm³/mol. The van der Waals surface area contributed by atoms with E-state index in [1.807, 2.05) is 0 Å². The predicted octanol–water partition coefficient (Wildman–Crippen LogP) is 1.65. The van der Waals surface area contributed by atoms with Crippen LogP contribution in [0.4, 0.5) is 0 Å². The van der Waals surface area contributed by atoms with Crippen LogP contribution in [0.1, 0.15) is 45.4 Å². The Labute approximate surface area is 105 Å². The van der Waals surface area contributed by atoms with Crippen molar-refractivity contribution in [1.29, 1.82) is 5.26 Å². The smallest absolute Gasteiger partial charge is 0.300 e. The van der Waals surface area contributed by atoms with Crippen molar-refractivity contribution in [2.24, 2.45) is 5.92 Å². The molecular weight excluding hydrogens is 236 g/mol. The van der Waals surface area contributed by atoms with E-state index >= 15 is 0 Å². The first kappa shape index (κ1) is 14.3. The monoisotopic (exact) mass is 252 g/mol. The molecule has 0 aromatic rings. The zero-order chi connectivity index (χ0) is 13.8. The van der Waals surface area contributed by atoms with E-state index < -0.39 is 16.4 Å². The van der Waals surface area contributed by atoms with Crippen molar-refractivity contribution in [2.45, 2.75) is 51.0 Å². The maximum absolute atomic E-state index is 11.4. The summed E-state index contributed by atoms with van der Waals surface area (Å²) in [6.07, 6.45) is 1.48. The molecule has 0 radical (unpaired) electrons. The number of nitriles is 1. The summed E-state index contributed by atoms with van der Waals surface area (Å²) in [4.78, 5) is 33.0. The van der Waals surface area contributed by atoms with Gasteiger partial charge >= 0.3 is 5.54 Å². The minimum atomic E-state index is -1.79. The molecule has 6 nitrogen and oxygen atoms in total. The van der Waals surface area contributed by atoms with Gasteiger partial charge in [0.15, 0.2) is 0 Å². The molecule has 0 spiro atoms. The third kappa shape index (κ3) is 2.92. The van der Waals surface area contributed by atoms with Crippen molar-refractivity contribution in [2.75, 3.05) is 0 Å². The van der Waals surface area contributed by atoms with Crippen LogP contribution in [0.25, 0.3) is 0 Å². The molecule has 6 heteroatoms. The molecule has 98 valence electrons. The van der Waals surface area contributed by atoms with E-state index in [0.29, 0.717) is 19.3 Å². The van der Waals surface area contributed by atoms with Crippen molar-refractivity contribution in [3.05, 3.63) is 10.1 Å². The summed E-state index contributed by atoms with van der Waals surface area (Å²) in [6.45, 7) is 1.34. The number of carbonyl (C=O) groups is 2. The van der Waals surface area contributed by atoms with Gasteiger partial charge in [0, 0.05) is 30.6 Å². The summed E-state index contributed by atoms with van der Waals surface area (Å²) in [5, 5.41) is 20.4. The molecule has 0 bridgehead atoms. The molecule has 1 saturated carbocycles. The molecule has 18 heavy (non-hydrogen) atoms. The van der Waals surface area contributed by atoms with Crippen molar-refractivity contribution in [3.63, 3.8) is 0 Å². The van der Waals surface area contributed by atoms with Crippen LogP contribution in [0.15, 0.2) is 0 Å². The topological polar surface area (TPSA) is 101 Å². The highest BCUT2D eigenvalue weighted by Crippen LogP contribution is 2.36. The van der Waals surface area contributed by atoms with E-state index in [2.05, 4.69) is 0 Å². The Morgan fingerprint density at radius 2 is 2.33 bits per heavy atom. The third-order valence-corrected chi connectivity index (χ3v) is 3.54. The lowest BCUT2D eigenvalue weighted by Crippen LogP contribution is -2.46. The van der Waals surface area contributed by atoms with Gasteiger partial charge in [-0.25, -0.2) is 0 Å². The van der Waals surface area contributed by atoms with Crippen LogP contribution in [0.2, 0.25) is 0 Å². The van der Waals surface area contributed by atoms with Gasteiger partial charge in [-0.15, -0.1) is 0 Å². The summed E-state index contributed by atoms with van der Waals surface area (Å²) in [5.74, 6) is -0.785. The van der Waals surface area contributed by atoms with Gasteiger partial charge in [-0.2, -0.15) is 5.26 Å². The van der Waals surface area contributed by atoms with Crippen LogP contribution >= 0.6 is 0 Å². The Morgan fingerprint density at radius 3 is 2.78 bits per heavy atom. The SMILES string of the molecule is CC(=O)CCC(C#N)(C1CCCC(=O)C1)[N+](=O)[O-]. The minimum absolute atomic E-state index is 0.000763. The van der Waals surface area contributed by atoms with Crippen molar-refractivity contribution < 1.29 is 14.5 Å². The van der Waals surface area contributed by atoms with E-state index in [1.54, 1.807) is 6.07 Å². The fourth-order valence-electron chi connectivity index (χ4n) is 2.43. The van der Waals surface area contributed by atoms with Crippen LogP contribution in [0, 0.1) is 27.4 Å². The molecular formula is C12H16N2O4. The first-order valence-corrected chi connectivity index (χ1v) is 5.99. The highest BCUT2D eigenvalue weighted by molar-refractivity contribution is 5.79. The molecule has 0 heterocycles. The van der Waals surface area contributed by atoms with Gasteiger partial charge < -0.3 is 4.79 Å². The lowest BCUT2D eigenvalue weighted by molar-refractivity contribution is -0.564.